The minimum atomic E-state index is -3.76. The van der Waals surface area contributed by atoms with E-state index >= 15 is 0 Å². The summed E-state index contributed by atoms with van der Waals surface area (Å²) in [5, 5.41) is 15.5. The zero-order chi connectivity index (χ0) is 22.9. The molecule has 1 aromatic heterocycles. The highest BCUT2D eigenvalue weighted by Gasteiger charge is 2.35. The molecule has 0 unspecified atom stereocenters. The summed E-state index contributed by atoms with van der Waals surface area (Å²) in [6.07, 6.45) is -0.144. The van der Waals surface area contributed by atoms with Gasteiger partial charge in [0.15, 0.2) is 0 Å². The second kappa shape index (κ2) is 9.23. The smallest absolute Gasteiger partial charge is 0.268 e. The molecule has 0 spiro atoms. The Kier molecular flexibility index (Phi) is 6.57. The van der Waals surface area contributed by atoms with Crippen LogP contribution in [0.2, 0.25) is 5.02 Å². The van der Waals surface area contributed by atoms with Crippen LogP contribution < -0.4 is 4.31 Å². The van der Waals surface area contributed by atoms with Crippen molar-refractivity contribution in [1.82, 2.24) is 9.78 Å². The van der Waals surface area contributed by atoms with Crippen LogP contribution in [0.3, 0.4) is 0 Å². The van der Waals surface area contributed by atoms with Gasteiger partial charge in [0.2, 0.25) is 0 Å². The number of aromatic nitrogens is 2. The van der Waals surface area contributed by atoms with Crippen LogP contribution in [-0.4, -0.2) is 42.6 Å². The fourth-order valence-corrected chi connectivity index (χ4v) is 6.05. The van der Waals surface area contributed by atoms with Gasteiger partial charge in [-0.3, -0.25) is 8.99 Å². The first-order valence-electron chi connectivity index (χ1n) is 10.4. The molecule has 3 aromatic rings. The molecule has 0 fully saturated rings. The van der Waals surface area contributed by atoms with Crippen molar-refractivity contribution in [3.05, 3.63) is 76.1 Å². The van der Waals surface area contributed by atoms with Gasteiger partial charge in [-0.25, -0.2) is 8.42 Å². The van der Waals surface area contributed by atoms with Gasteiger partial charge in [0.25, 0.3) is 10.0 Å². The lowest BCUT2D eigenvalue weighted by Crippen LogP contribution is -2.30. The van der Waals surface area contributed by atoms with Crippen molar-refractivity contribution in [2.75, 3.05) is 17.5 Å². The van der Waals surface area contributed by atoms with E-state index in [-0.39, 0.29) is 18.0 Å². The van der Waals surface area contributed by atoms with E-state index in [1.807, 2.05) is 36.4 Å². The maximum absolute atomic E-state index is 13.5. The van der Waals surface area contributed by atoms with Crippen LogP contribution in [0.1, 0.15) is 22.5 Å². The lowest BCUT2D eigenvalue weighted by Gasteiger charge is -2.20. The standard InChI is InChI=1S/C23H26ClN3O4S/c1-16-23(32(29,30)27-12-11-19-5-3-4-6-22(19)27)17(2)26(25-16)13-21(28)15-31-14-18-7-9-20(24)10-8-18/h3-10,21,28H,11-15H2,1-2H3/t21-/m0/s1. The second-order valence-electron chi connectivity index (χ2n) is 7.93. The number of aliphatic hydroxyl groups excluding tert-OH is 1. The molecule has 2 aromatic carbocycles. The number of halogens is 1. The molecular formula is C23H26ClN3O4S. The zero-order valence-corrected chi connectivity index (χ0v) is 19.6. The maximum Gasteiger partial charge on any atom is 0.268 e. The van der Waals surface area contributed by atoms with Gasteiger partial charge in [-0.15, -0.1) is 0 Å². The van der Waals surface area contributed by atoms with Gasteiger partial charge in [-0.05, 0) is 49.6 Å². The number of aryl methyl sites for hydroxylation is 1. The van der Waals surface area contributed by atoms with Gasteiger partial charge in [0.05, 0.1) is 42.9 Å². The molecule has 7 nitrogen and oxygen atoms in total. The number of para-hydroxylation sites is 1. The van der Waals surface area contributed by atoms with Crippen LogP contribution in [-0.2, 0) is 34.3 Å². The van der Waals surface area contributed by atoms with Crippen molar-refractivity contribution in [1.29, 1.82) is 0 Å². The number of aliphatic hydroxyl groups is 1. The van der Waals surface area contributed by atoms with E-state index in [9.17, 15) is 13.5 Å². The molecule has 0 aliphatic carbocycles. The summed E-state index contributed by atoms with van der Waals surface area (Å²) >= 11 is 5.88. The summed E-state index contributed by atoms with van der Waals surface area (Å²) in [4.78, 5) is 0.198. The first kappa shape index (κ1) is 22.8. The highest BCUT2D eigenvalue weighted by molar-refractivity contribution is 7.93. The van der Waals surface area contributed by atoms with E-state index in [0.717, 1.165) is 16.8 Å². The first-order valence-corrected chi connectivity index (χ1v) is 12.2. The van der Waals surface area contributed by atoms with Crippen molar-refractivity contribution < 1.29 is 18.3 Å². The highest BCUT2D eigenvalue weighted by atomic mass is 35.5. The number of rotatable bonds is 8. The van der Waals surface area contributed by atoms with E-state index < -0.39 is 16.1 Å². The van der Waals surface area contributed by atoms with E-state index in [1.165, 1.54) is 4.31 Å². The zero-order valence-electron chi connectivity index (χ0n) is 18.0. The van der Waals surface area contributed by atoms with E-state index in [0.29, 0.717) is 36.0 Å². The number of anilines is 1. The van der Waals surface area contributed by atoms with E-state index in [1.54, 1.807) is 30.7 Å². The monoisotopic (exact) mass is 475 g/mol. The SMILES string of the molecule is Cc1nn(C[C@H](O)COCc2ccc(Cl)cc2)c(C)c1S(=O)(=O)N1CCc2ccccc21. The molecule has 0 radical (unpaired) electrons. The largest absolute Gasteiger partial charge is 0.389 e. The average Bonchev–Trinajstić information content (AvgIpc) is 3.31. The number of nitrogens with zero attached hydrogens (tertiary/aromatic N) is 3. The Labute approximate surface area is 193 Å². The first-order chi connectivity index (χ1) is 15.3. The molecule has 1 N–H and O–H groups in total. The van der Waals surface area contributed by atoms with Crippen molar-refractivity contribution in [2.45, 2.75) is 44.4 Å². The van der Waals surface area contributed by atoms with Crippen molar-refractivity contribution in [2.24, 2.45) is 0 Å². The summed E-state index contributed by atoms with van der Waals surface area (Å²) < 4.78 is 35.5. The Bertz CT molecular complexity index is 1210. The predicted molar refractivity (Wildman–Crippen MR) is 123 cm³/mol. The summed E-state index contributed by atoms with van der Waals surface area (Å²) in [6.45, 7) is 4.39. The van der Waals surface area contributed by atoms with E-state index in [4.69, 9.17) is 16.3 Å². The molecule has 0 amide bonds. The third-order valence-corrected chi connectivity index (χ3v) is 7.90. The van der Waals surface area contributed by atoms with Gasteiger partial charge in [0.1, 0.15) is 4.90 Å². The van der Waals surface area contributed by atoms with Crippen LogP contribution in [0.25, 0.3) is 0 Å². The Morgan fingerprint density at radius 3 is 2.62 bits per heavy atom. The predicted octanol–water partition coefficient (Wildman–Crippen LogP) is 3.48. The average molecular weight is 476 g/mol. The van der Waals surface area contributed by atoms with Crippen LogP contribution in [0, 0.1) is 13.8 Å². The third kappa shape index (κ3) is 4.54. The Hall–Kier alpha value is -2.39. The van der Waals surface area contributed by atoms with E-state index in [2.05, 4.69) is 5.10 Å². The fraction of sp³-hybridized carbons (Fsp3) is 0.348. The Morgan fingerprint density at radius 1 is 1.16 bits per heavy atom. The van der Waals surface area contributed by atoms with Gasteiger partial charge in [-0.1, -0.05) is 41.9 Å². The number of fused-ring (bicyclic) bond motifs is 1. The minimum Gasteiger partial charge on any atom is -0.389 e. The fourth-order valence-electron chi connectivity index (χ4n) is 4.05. The Balaban J connectivity index is 1.45. The molecule has 1 aliphatic rings. The summed E-state index contributed by atoms with van der Waals surface area (Å²) in [6, 6.07) is 14.8. The van der Waals surface area contributed by atoms with Gasteiger partial charge in [0, 0.05) is 11.6 Å². The molecule has 170 valence electrons. The number of hydrogen-bond donors (Lipinski definition) is 1. The quantitative estimate of drug-likeness (QED) is 0.539. The van der Waals surface area contributed by atoms with Crippen molar-refractivity contribution in [3.63, 3.8) is 0 Å². The lowest BCUT2D eigenvalue weighted by molar-refractivity contribution is 0.0183. The molecular weight excluding hydrogens is 450 g/mol. The molecule has 1 aliphatic heterocycles. The molecule has 0 saturated heterocycles. The number of sulfonamides is 1. The normalized spacial score (nSPS) is 14.6. The molecule has 0 bridgehead atoms. The summed E-state index contributed by atoms with van der Waals surface area (Å²) in [5.41, 5.74) is 3.61. The topological polar surface area (TPSA) is 84.7 Å². The second-order valence-corrected chi connectivity index (χ2v) is 10.2. The highest BCUT2D eigenvalue weighted by Crippen LogP contribution is 2.34. The van der Waals surface area contributed by atoms with Crippen molar-refractivity contribution >= 4 is 27.3 Å². The molecule has 0 saturated carbocycles. The molecule has 9 heteroatoms. The van der Waals surface area contributed by atoms with Gasteiger partial charge < -0.3 is 9.84 Å². The van der Waals surface area contributed by atoms with Crippen LogP contribution in [0.5, 0.6) is 0 Å². The van der Waals surface area contributed by atoms with Gasteiger partial charge >= 0.3 is 0 Å². The third-order valence-electron chi connectivity index (χ3n) is 5.58. The number of ether oxygens (including phenoxy) is 1. The molecule has 2 heterocycles. The number of hydrogen-bond acceptors (Lipinski definition) is 5. The summed E-state index contributed by atoms with van der Waals surface area (Å²) in [7, 11) is -3.76. The number of benzene rings is 2. The molecule has 4 rings (SSSR count). The Morgan fingerprint density at radius 2 is 1.88 bits per heavy atom. The lowest BCUT2D eigenvalue weighted by atomic mass is 10.2. The van der Waals surface area contributed by atoms with Crippen LogP contribution >= 0.6 is 11.6 Å². The molecule has 32 heavy (non-hydrogen) atoms. The maximum atomic E-state index is 13.5. The van der Waals surface area contributed by atoms with Crippen LogP contribution in [0.15, 0.2) is 53.4 Å². The van der Waals surface area contributed by atoms with Crippen LogP contribution in [0.4, 0.5) is 5.69 Å². The summed E-state index contributed by atoms with van der Waals surface area (Å²) in [5.74, 6) is 0. The van der Waals surface area contributed by atoms with Gasteiger partial charge in [-0.2, -0.15) is 5.10 Å². The molecule has 1 atom stereocenters. The minimum absolute atomic E-state index is 0.0998. The van der Waals surface area contributed by atoms with Crippen molar-refractivity contribution in [3.8, 4) is 0 Å².